The molecular weight excluding hydrogens is 299 g/mol. The molecule has 1 aromatic rings. The smallest absolute Gasteiger partial charge is 0.256 e. The van der Waals surface area contributed by atoms with Gasteiger partial charge in [-0.05, 0) is 12.1 Å². The number of halogens is 2. The van der Waals surface area contributed by atoms with Gasteiger partial charge in [-0.25, -0.2) is 5.01 Å². The first kappa shape index (κ1) is 16.9. The molecule has 1 aromatic heterocycles. The molecule has 7 heteroatoms. The number of carbonyl (C=O) groups excluding carboxylic acids is 1. The fourth-order valence-corrected chi connectivity index (χ4v) is 2.78. The number of carbonyl (C=O) groups is 1. The molecule has 0 aromatic carbocycles. The lowest BCUT2D eigenvalue weighted by Crippen LogP contribution is -2.52. The van der Waals surface area contributed by atoms with Crippen LogP contribution in [0, 0.1) is 5.41 Å². The number of piperidine rings is 1. The Morgan fingerprint density at radius 1 is 1.40 bits per heavy atom. The summed E-state index contributed by atoms with van der Waals surface area (Å²) in [5.41, 5.74) is 1.43. The lowest BCUT2D eigenvalue weighted by molar-refractivity contribution is -0.135. The predicted octanol–water partition coefficient (Wildman–Crippen LogP) is 1.28. The normalized spacial score (nSPS) is 24.4. The molecule has 0 saturated carbocycles. The molecule has 1 saturated heterocycles. The SMILES string of the molecule is CN1N=C2CCNCC2(Cc2ccccn2)C1=O.Cl.Cl. The van der Waals surface area contributed by atoms with E-state index in [4.69, 9.17) is 0 Å². The summed E-state index contributed by atoms with van der Waals surface area (Å²) in [7, 11) is 1.73. The molecule has 0 bridgehead atoms. The van der Waals surface area contributed by atoms with E-state index in [9.17, 15) is 4.79 Å². The second-order valence-electron chi connectivity index (χ2n) is 4.88. The van der Waals surface area contributed by atoms with Crippen molar-refractivity contribution in [3.05, 3.63) is 30.1 Å². The van der Waals surface area contributed by atoms with Crippen LogP contribution in [0.5, 0.6) is 0 Å². The van der Waals surface area contributed by atoms with E-state index in [0.717, 1.165) is 24.4 Å². The summed E-state index contributed by atoms with van der Waals surface area (Å²) in [6.07, 6.45) is 3.23. The van der Waals surface area contributed by atoms with Gasteiger partial charge in [-0.3, -0.25) is 9.78 Å². The summed E-state index contributed by atoms with van der Waals surface area (Å²) < 4.78 is 0. The number of fused-ring (bicyclic) bond motifs is 1. The van der Waals surface area contributed by atoms with E-state index in [1.54, 1.807) is 13.2 Å². The van der Waals surface area contributed by atoms with Crippen LogP contribution in [0.25, 0.3) is 0 Å². The van der Waals surface area contributed by atoms with Crippen LogP contribution in [0.1, 0.15) is 12.1 Å². The Morgan fingerprint density at radius 2 is 2.20 bits per heavy atom. The molecule has 20 heavy (non-hydrogen) atoms. The van der Waals surface area contributed by atoms with E-state index in [1.165, 1.54) is 5.01 Å². The van der Waals surface area contributed by atoms with Crippen molar-refractivity contribution in [1.29, 1.82) is 0 Å². The van der Waals surface area contributed by atoms with Gasteiger partial charge in [0, 0.05) is 44.9 Å². The monoisotopic (exact) mass is 316 g/mol. The van der Waals surface area contributed by atoms with Crippen molar-refractivity contribution >= 4 is 36.4 Å². The van der Waals surface area contributed by atoms with E-state index in [2.05, 4.69) is 15.4 Å². The largest absolute Gasteiger partial charge is 0.315 e. The summed E-state index contributed by atoms with van der Waals surface area (Å²) in [4.78, 5) is 16.7. The second kappa shape index (κ2) is 6.52. The van der Waals surface area contributed by atoms with Crippen LogP contribution >= 0.6 is 24.8 Å². The highest BCUT2D eigenvalue weighted by atomic mass is 35.5. The van der Waals surface area contributed by atoms with E-state index in [1.807, 2.05) is 18.2 Å². The first-order valence-electron chi connectivity index (χ1n) is 6.19. The van der Waals surface area contributed by atoms with E-state index in [-0.39, 0.29) is 30.7 Å². The van der Waals surface area contributed by atoms with E-state index in [0.29, 0.717) is 13.0 Å². The zero-order chi connectivity index (χ0) is 12.6. The average molecular weight is 317 g/mol. The molecule has 3 rings (SSSR count). The van der Waals surface area contributed by atoms with Gasteiger partial charge >= 0.3 is 0 Å². The highest BCUT2D eigenvalue weighted by molar-refractivity contribution is 6.13. The third-order valence-corrected chi connectivity index (χ3v) is 3.70. The minimum Gasteiger partial charge on any atom is -0.315 e. The fraction of sp³-hybridized carbons (Fsp3) is 0.462. The van der Waals surface area contributed by atoms with Crippen LogP contribution in [0.2, 0.25) is 0 Å². The van der Waals surface area contributed by atoms with Crippen LogP contribution in [-0.4, -0.2) is 41.7 Å². The van der Waals surface area contributed by atoms with Crippen molar-refractivity contribution < 1.29 is 4.79 Å². The van der Waals surface area contributed by atoms with Crippen LogP contribution < -0.4 is 5.32 Å². The molecule has 5 nitrogen and oxygen atoms in total. The Morgan fingerprint density at radius 3 is 2.90 bits per heavy atom. The number of rotatable bonds is 2. The molecule has 1 atom stereocenters. The first-order chi connectivity index (χ1) is 8.72. The highest BCUT2D eigenvalue weighted by Gasteiger charge is 2.50. The molecular formula is C13H18Cl2N4O. The Labute approximate surface area is 130 Å². The van der Waals surface area contributed by atoms with Crippen LogP contribution in [-0.2, 0) is 11.2 Å². The number of hydrogen-bond acceptors (Lipinski definition) is 4. The lowest BCUT2D eigenvalue weighted by Gasteiger charge is -2.32. The maximum atomic E-state index is 12.4. The van der Waals surface area contributed by atoms with Gasteiger partial charge < -0.3 is 5.32 Å². The lowest BCUT2D eigenvalue weighted by atomic mass is 9.75. The summed E-state index contributed by atoms with van der Waals surface area (Å²) >= 11 is 0. The third-order valence-electron chi connectivity index (χ3n) is 3.70. The molecule has 0 radical (unpaired) electrons. The van der Waals surface area contributed by atoms with Gasteiger partial charge in [0.05, 0.1) is 5.71 Å². The Kier molecular flexibility index (Phi) is 5.50. The highest BCUT2D eigenvalue weighted by Crippen LogP contribution is 2.34. The molecule has 2 aliphatic heterocycles. The fourth-order valence-electron chi connectivity index (χ4n) is 2.78. The van der Waals surface area contributed by atoms with Crippen LogP contribution in [0.15, 0.2) is 29.5 Å². The number of pyridine rings is 1. The van der Waals surface area contributed by atoms with Gasteiger partial charge in [-0.1, -0.05) is 6.07 Å². The number of nitrogens with zero attached hydrogens (tertiary/aromatic N) is 3. The second-order valence-corrected chi connectivity index (χ2v) is 4.88. The van der Waals surface area contributed by atoms with Crippen molar-refractivity contribution in [1.82, 2.24) is 15.3 Å². The molecule has 0 aliphatic carbocycles. The topological polar surface area (TPSA) is 57.6 Å². The van der Waals surface area contributed by atoms with E-state index >= 15 is 0 Å². The third kappa shape index (κ3) is 2.66. The van der Waals surface area contributed by atoms with Crippen molar-refractivity contribution in [3.8, 4) is 0 Å². The quantitative estimate of drug-likeness (QED) is 0.894. The standard InChI is InChI=1S/C13H16N4O.2ClH/c1-17-12(18)13(8-10-4-2-3-6-15-10)9-14-7-5-11(13)16-17;;/h2-4,6,14H,5,7-9H2,1H3;2*1H. The molecule has 110 valence electrons. The summed E-state index contributed by atoms with van der Waals surface area (Å²) in [5, 5.41) is 9.18. The van der Waals surface area contributed by atoms with Crippen molar-refractivity contribution in [2.45, 2.75) is 12.8 Å². The first-order valence-corrected chi connectivity index (χ1v) is 6.19. The number of hydrazone groups is 1. The maximum absolute atomic E-state index is 12.4. The minimum absolute atomic E-state index is 0. The molecule has 1 amide bonds. The van der Waals surface area contributed by atoms with Gasteiger partial charge in [0.15, 0.2) is 0 Å². The van der Waals surface area contributed by atoms with E-state index < -0.39 is 5.41 Å². The van der Waals surface area contributed by atoms with Gasteiger partial charge in [-0.2, -0.15) is 5.10 Å². The average Bonchev–Trinajstić information content (AvgIpc) is 2.64. The molecule has 1 unspecified atom stereocenters. The molecule has 0 spiro atoms. The van der Waals surface area contributed by atoms with Gasteiger partial charge in [0.25, 0.3) is 5.91 Å². The summed E-state index contributed by atoms with van der Waals surface area (Å²) in [6.45, 7) is 1.55. The number of nitrogens with one attached hydrogen (secondary N) is 1. The van der Waals surface area contributed by atoms with Crippen molar-refractivity contribution in [2.24, 2.45) is 10.5 Å². The molecule has 1 N–H and O–H groups in total. The summed E-state index contributed by atoms with van der Waals surface area (Å²) in [6, 6.07) is 5.81. The van der Waals surface area contributed by atoms with Crippen molar-refractivity contribution in [2.75, 3.05) is 20.1 Å². The number of hydrogen-bond donors (Lipinski definition) is 1. The maximum Gasteiger partial charge on any atom is 0.256 e. The zero-order valence-corrected chi connectivity index (χ0v) is 12.8. The number of aromatic nitrogens is 1. The van der Waals surface area contributed by atoms with Crippen molar-refractivity contribution in [3.63, 3.8) is 0 Å². The van der Waals surface area contributed by atoms with Gasteiger partial charge in [-0.15, -0.1) is 24.8 Å². The molecule has 2 aliphatic rings. The molecule has 3 heterocycles. The number of amides is 1. The Hall–Kier alpha value is -1.17. The predicted molar refractivity (Wildman–Crippen MR) is 82.6 cm³/mol. The Bertz CT molecular complexity index is 508. The van der Waals surface area contributed by atoms with Crippen LogP contribution in [0.3, 0.4) is 0 Å². The van der Waals surface area contributed by atoms with Gasteiger partial charge in [0.1, 0.15) is 5.41 Å². The molecule has 1 fully saturated rings. The Balaban J connectivity index is 0.000001000. The minimum atomic E-state index is -0.513. The van der Waals surface area contributed by atoms with Gasteiger partial charge in [0.2, 0.25) is 0 Å². The zero-order valence-electron chi connectivity index (χ0n) is 11.2. The van der Waals surface area contributed by atoms with Crippen LogP contribution in [0.4, 0.5) is 0 Å². The summed E-state index contributed by atoms with van der Waals surface area (Å²) in [5.74, 6) is 0.0790.